The number of benzene rings is 1. The molecule has 0 radical (unpaired) electrons. The zero-order chi connectivity index (χ0) is 13.5. The lowest BCUT2D eigenvalue weighted by atomic mass is 10.0. The van der Waals surface area contributed by atoms with Crippen LogP contribution in [0, 0.1) is 5.82 Å². The number of hydrogen-bond acceptors (Lipinski definition) is 2. The molecule has 0 amide bonds. The van der Waals surface area contributed by atoms with Crippen molar-refractivity contribution in [1.29, 1.82) is 0 Å². The van der Waals surface area contributed by atoms with Gasteiger partial charge in [-0.3, -0.25) is 0 Å². The van der Waals surface area contributed by atoms with E-state index in [1.807, 2.05) is 0 Å². The number of nitrogens with two attached hydrogens (primary N) is 1. The smallest absolute Gasteiger partial charge is 0.123 e. The molecule has 1 atom stereocenters. The monoisotopic (exact) mass is 264 g/mol. The Morgan fingerprint density at radius 3 is 2.21 bits per heavy atom. The summed E-state index contributed by atoms with van der Waals surface area (Å²) in [6.07, 6.45) is 7.69. The van der Waals surface area contributed by atoms with E-state index < -0.39 is 0 Å². The van der Waals surface area contributed by atoms with E-state index in [9.17, 15) is 4.39 Å². The fourth-order valence-corrected chi connectivity index (χ4v) is 2.73. The van der Waals surface area contributed by atoms with Gasteiger partial charge in [0.1, 0.15) is 5.82 Å². The molecule has 1 saturated heterocycles. The largest absolute Gasteiger partial charge is 0.324 e. The maximum absolute atomic E-state index is 12.9. The molecule has 0 aromatic heterocycles. The van der Waals surface area contributed by atoms with Crippen LogP contribution >= 0.6 is 0 Å². The van der Waals surface area contributed by atoms with Crippen LogP contribution < -0.4 is 5.73 Å². The van der Waals surface area contributed by atoms with E-state index >= 15 is 0 Å². The van der Waals surface area contributed by atoms with E-state index in [2.05, 4.69) is 4.90 Å². The minimum Gasteiger partial charge on any atom is -0.324 e. The molecule has 1 aromatic carbocycles. The van der Waals surface area contributed by atoms with Crippen LogP contribution in [-0.2, 0) is 0 Å². The lowest BCUT2D eigenvalue weighted by Gasteiger charge is -2.25. The van der Waals surface area contributed by atoms with Gasteiger partial charge in [0.05, 0.1) is 0 Å². The van der Waals surface area contributed by atoms with Crippen molar-refractivity contribution in [1.82, 2.24) is 4.90 Å². The van der Waals surface area contributed by atoms with E-state index in [1.165, 1.54) is 57.3 Å². The molecule has 1 heterocycles. The van der Waals surface area contributed by atoms with Crippen LogP contribution in [0.4, 0.5) is 4.39 Å². The zero-order valence-corrected chi connectivity index (χ0v) is 11.7. The first-order valence-electron chi connectivity index (χ1n) is 7.49. The summed E-state index contributed by atoms with van der Waals surface area (Å²) in [5.74, 6) is -0.195. The predicted molar refractivity (Wildman–Crippen MR) is 77.5 cm³/mol. The summed E-state index contributed by atoms with van der Waals surface area (Å²) >= 11 is 0. The first-order chi connectivity index (χ1) is 9.25. The first-order valence-corrected chi connectivity index (χ1v) is 7.49. The van der Waals surface area contributed by atoms with Gasteiger partial charge in [0, 0.05) is 6.04 Å². The number of rotatable bonds is 4. The molecule has 1 aliphatic rings. The van der Waals surface area contributed by atoms with Gasteiger partial charge < -0.3 is 10.6 Å². The molecule has 1 unspecified atom stereocenters. The maximum atomic E-state index is 12.9. The molecule has 1 aliphatic heterocycles. The molecule has 2 rings (SSSR count). The fourth-order valence-electron chi connectivity index (χ4n) is 2.73. The second kappa shape index (κ2) is 7.61. The van der Waals surface area contributed by atoms with Crippen LogP contribution in [0.3, 0.4) is 0 Å². The molecule has 19 heavy (non-hydrogen) atoms. The van der Waals surface area contributed by atoms with Crippen molar-refractivity contribution in [3.8, 4) is 0 Å². The van der Waals surface area contributed by atoms with E-state index in [4.69, 9.17) is 5.73 Å². The number of halogens is 1. The third-order valence-corrected chi connectivity index (χ3v) is 4.00. The molecular formula is C16H25FN2. The number of nitrogens with zero attached hydrogens (tertiary/aromatic N) is 1. The maximum Gasteiger partial charge on any atom is 0.123 e. The van der Waals surface area contributed by atoms with Crippen LogP contribution in [0.2, 0.25) is 0 Å². The molecule has 106 valence electrons. The molecule has 1 aromatic rings. The van der Waals surface area contributed by atoms with Crippen LogP contribution in [-0.4, -0.2) is 24.5 Å². The van der Waals surface area contributed by atoms with Crippen molar-refractivity contribution < 1.29 is 4.39 Å². The van der Waals surface area contributed by atoms with Crippen LogP contribution in [0.5, 0.6) is 0 Å². The molecule has 0 bridgehead atoms. The van der Waals surface area contributed by atoms with Crippen molar-refractivity contribution in [3.05, 3.63) is 35.6 Å². The van der Waals surface area contributed by atoms with Gasteiger partial charge >= 0.3 is 0 Å². The molecule has 0 spiro atoms. The van der Waals surface area contributed by atoms with Crippen molar-refractivity contribution in [3.63, 3.8) is 0 Å². The summed E-state index contributed by atoms with van der Waals surface area (Å²) in [5, 5.41) is 0. The Hall–Kier alpha value is -0.930. The highest BCUT2D eigenvalue weighted by molar-refractivity contribution is 5.19. The zero-order valence-electron chi connectivity index (χ0n) is 11.7. The van der Waals surface area contributed by atoms with Gasteiger partial charge in [-0.05, 0) is 56.6 Å². The van der Waals surface area contributed by atoms with E-state index in [0.29, 0.717) is 0 Å². The topological polar surface area (TPSA) is 29.3 Å². The second-order valence-electron chi connectivity index (χ2n) is 5.56. The Kier molecular flexibility index (Phi) is 5.80. The van der Waals surface area contributed by atoms with Crippen LogP contribution in [0.15, 0.2) is 24.3 Å². The summed E-state index contributed by atoms with van der Waals surface area (Å²) < 4.78 is 12.9. The van der Waals surface area contributed by atoms with Crippen LogP contribution in [0.25, 0.3) is 0 Å². The summed E-state index contributed by atoms with van der Waals surface area (Å²) in [5.41, 5.74) is 7.22. The lowest BCUT2D eigenvalue weighted by molar-refractivity contribution is 0.239. The summed E-state index contributed by atoms with van der Waals surface area (Å²) in [4.78, 5) is 2.53. The highest BCUT2D eigenvalue weighted by Crippen LogP contribution is 2.16. The van der Waals surface area contributed by atoms with E-state index in [-0.39, 0.29) is 11.9 Å². The molecule has 2 nitrogen and oxygen atoms in total. The molecule has 0 saturated carbocycles. The van der Waals surface area contributed by atoms with Crippen molar-refractivity contribution >= 4 is 0 Å². The summed E-state index contributed by atoms with van der Waals surface area (Å²) in [7, 11) is 0. The Morgan fingerprint density at radius 2 is 1.58 bits per heavy atom. The number of hydrogen-bond donors (Lipinski definition) is 1. The fraction of sp³-hybridized carbons (Fsp3) is 0.625. The predicted octanol–water partition coefficient (Wildman–Crippen LogP) is 3.48. The molecular weight excluding hydrogens is 239 g/mol. The average molecular weight is 264 g/mol. The molecule has 1 fully saturated rings. The second-order valence-corrected chi connectivity index (χ2v) is 5.56. The van der Waals surface area contributed by atoms with E-state index in [1.54, 1.807) is 12.1 Å². The molecule has 2 N–H and O–H groups in total. The SMILES string of the molecule is NC(CCN1CCCCCCC1)c1ccc(F)cc1. The van der Waals surface area contributed by atoms with Gasteiger partial charge in [-0.1, -0.05) is 31.4 Å². The highest BCUT2D eigenvalue weighted by atomic mass is 19.1. The highest BCUT2D eigenvalue weighted by Gasteiger charge is 2.11. The standard InChI is InChI=1S/C16H25FN2/c17-15-8-6-14(7-9-15)16(18)10-13-19-11-4-2-1-3-5-12-19/h6-9,16H,1-5,10-13,18H2. The third kappa shape index (κ3) is 4.92. The van der Waals surface area contributed by atoms with Crippen molar-refractivity contribution in [2.75, 3.05) is 19.6 Å². The molecule has 3 heteroatoms. The Bertz CT molecular complexity index is 356. The normalized spacial score (nSPS) is 19.7. The quantitative estimate of drug-likeness (QED) is 0.902. The minimum absolute atomic E-state index is 0.0195. The average Bonchev–Trinajstić information content (AvgIpc) is 2.38. The van der Waals surface area contributed by atoms with Crippen LogP contribution in [0.1, 0.15) is 50.1 Å². The lowest BCUT2D eigenvalue weighted by Crippen LogP contribution is -2.30. The Morgan fingerprint density at radius 1 is 1.00 bits per heavy atom. The summed E-state index contributed by atoms with van der Waals surface area (Å²) in [6.45, 7) is 3.46. The van der Waals surface area contributed by atoms with Gasteiger partial charge in [0.25, 0.3) is 0 Å². The van der Waals surface area contributed by atoms with Gasteiger partial charge in [0.2, 0.25) is 0 Å². The Balaban J connectivity index is 1.78. The van der Waals surface area contributed by atoms with Gasteiger partial charge in [-0.15, -0.1) is 0 Å². The summed E-state index contributed by atoms with van der Waals surface area (Å²) in [6, 6.07) is 6.60. The van der Waals surface area contributed by atoms with Gasteiger partial charge in [-0.25, -0.2) is 4.39 Å². The third-order valence-electron chi connectivity index (χ3n) is 4.00. The minimum atomic E-state index is -0.195. The Labute approximate surface area is 115 Å². The van der Waals surface area contributed by atoms with Crippen molar-refractivity contribution in [2.24, 2.45) is 5.73 Å². The van der Waals surface area contributed by atoms with Gasteiger partial charge in [0.15, 0.2) is 0 Å². The van der Waals surface area contributed by atoms with Gasteiger partial charge in [-0.2, -0.15) is 0 Å². The molecule has 0 aliphatic carbocycles. The van der Waals surface area contributed by atoms with E-state index in [0.717, 1.165) is 18.5 Å². The number of likely N-dealkylation sites (tertiary alicyclic amines) is 1. The first kappa shape index (κ1) is 14.5. The van der Waals surface area contributed by atoms with Crippen molar-refractivity contribution in [2.45, 2.75) is 44.6 Å².